The summed E-state index contributed by atoms with van der Waals surface area (Å²) in [4.78, 5) is 72.0. The van der Waals surface area contributed by atoms with Crippen molar-refractivity contribution in [3.8, 4) is 0 Å². The van der Waals surface area contributed by atoms with Crippen LogP contribution in [-0.2, 0) is 65.4 Å². The molecule has 0 aliphatic carbocycles. The fourth-order valence-corrected chi connectivity index (χ4v) is 10.8. The molecular formula is C62H120O17P2. The fraction of sp³-hybridized carbons (Fsp3) is 0.935. The summed E-state index contributed by atoms with van der Waals surface area (Å²) >= 11 is 0. The molecule has 6 atom stereocenters. The van der Waals surface area contributed by atoms with Gasteiger partial charge in [-0.2, -0.15) is 0 Å². The van der Waals surface area contributed by atoms with E-state index in [-0.39, 0.29) is 25.7 Å². The third-order valence-electron chi connectivity index (χ3n) is 14.6. The van der Waals surface area contributed by atoms with Crippen molar-refractivity contribution < 1.29 is 80.2 Å². The zero-order valence-corrected chi connectivity index (χ0v) is 53.7. The van der Waals surface area contributed by atoms with Crippen LogP contribution < -0.4 is 0 Å². The number of ether oxygens (including phenoxy) is 4. The van der Waals surface area contributed by atoms with Crippen molar-refractivity contribution in [1.82, 2.24) is 0 Å². The number of aliphatic hydroxyl groups excluding tert-OH is 1. The Balaban J connectivity index is 5.23. The molecule has 0 saturated heterocycles. The van der Waals surface area contributed by atoms with Crippen LogP contribution in [0.1, 0.15) is 311 Å². The molecule has 0 amide bonds. The van der Waals surface area contributed by atoms with Crippen molar-refractivity contribution in [1.29, 1.82) is 0 Å². The second-order valence-corrected chi connectivity index (χ2v) is 25.6. The van der Waals surface area contributed by atoms with Crippen LogP contribution in [0.5, 0.6) is 0 Å². The molecule has 19 heteroatoms. The van der Waals surface area contributed by atoms with Crippen LogP contribution in [0.15, 0.2) is 0 Å². The van der Waals surface area contributed by atoms with E-state index in [1.165, 1.54) is 128 Å². The monoisotopic (exact) mass is 1200 g/mol. The summed E-state index contributed by atoms with van der Waals surface area (Å²) in [6, 6.07) is 0. The van der Waals surface area contributed by atoms with Gasteiger partial charge in [-0.25, -0.2) is 9.13 Å². The van der Waals surface area contributed by atoms with E-state index in [9.17, 15) is 43.2 Å². The van der Waals surface area contributed by atoms with Gasteiger partial charge in [0.05, 0.1) is 26.4 Å². The summed E-state index contributed by atoms with van der Waals surface area (Å²) in [5.74, 6) is -1.42. The van der Waals surface area contributed by atoms with Crippen LogP contribution in [0.2, 0.25) is 0 Å². The quantitative estimate of drug-likeness (QED) is 0.0222. The number of esters is 4. The van der Waals surface area contributed by atoms with Crippen molar-refractivity contribution in [2.45, 2.75) is 329 Å². The van der Waals surface area contributed by atoms with Crippen LogP contribution in [0.4, 0.5) is 0 Å². The SMILES string of the molecule is CCCCCCCCCCCCCCC(=O)O[C@H](COC(=O)CCCCCCCCCCCCC)COP(=O)(O)OC[C@@H](O)COP(=O)(O)OC[C@@H](COC(=O)CCCCCCCCCC)OC(=O)CCCCCCCCC(C)CC. The maximum absolute atomic E-state index is 13.0. The third kappa shape index (κ3) is 55.7. The second-order valence-electron chi connectivity index (χ2n) is 22.7. The highest BCUT2D eigenvalue weighted by atomic mass is 31.2. The number of carbonyl (C=O) groups is 4. The van der Waals surface area contributed by atoms with E-state index in [1.807, 2.05) is 0 Å². The van der Waals surface area contributed by atoms with E-state index >= 15 is 0 Å². The highest BCUT2D eigenvalue weighted by Gasteiger charge is 2.30. The summed E-state index contributed by atoms with van der Waals surface area (Å²) in [6.07, 6.45) is 38.9. The minimum absolute atomic E-state index is 0.103. The molecule has 0 fully saturated rings. The molecule has 0 aliphatic heterocycles. The first-order valence-corrected chi connectivity index (χ1v) is 35.7. The summed E-state index contributed by atoms with van der Waals surface area (Å²) in [5.41, 5.74) is 0. The van der Waals surface area contributed by atoms with Gasteiger partial charge in [-0.1, -0.05) is 259 Å². The Labute approximate surface area is 492 Å². The normalized spacial score (nSPS) is 14.6. The topological polar surface area (TPSA) is 237 Å². The Morgan fingerprint density at radius 2 is 0.593 bits per heavy atom. The molecule has 0 radical (unpaired) electrons. The Kier molecular flexibility index (Phi) is 54.6. The lowest BCUT2D eigenvalue weighted by Crippen LogP contribution is -2.30. The molecule has 17 nitrogen and oxygen atoms in total. The van der Waals surface area contributed by atoms with Crippen molar-refractivity contribution in [3.63, 3.8) is 0 Å². The zero-order valence-electron chi connectivity index (χ0n) is 51.9. The van der Waals surface area contributed by atoms with E-state index in [2.05, 4.69) is 34.6 Å². The first-order valence-electron chi connectivity index (χ1n) is 32.7. The van der Waals surface area contributed by atoms with Gasteiger partial charge in [-0.15, -0.1) is 0 Å². The molecule has 0 aromatic rings. The van der Waals surface area contributed by atoms with Gasteiger partial charge in [0.25, 0.3) is 0 Å². The summed E-state index contributed by atoms with van der Waals surface area (Å²) in [6.45, 7) is 7.10. The Morgan fingerprint density at radius 3 is 0.877 bits per heavy atom. The highest BCUT2D eigenvalue weighted by molar-refractivity contribution is 7.47. The fourth-order valence-electron chi connectivity index (χ4n) is 9.20. The lowest BCUT2D eigenvalue weighted by molar-refractivity contribution is -0.161. The van der Waals surface area contributed by atoms with Crippen molar-refractivity contribution in [2.24, 2.45) is 5.92 Å². The predicted molar refractivity (Wildman–Crippen MR) is 322 cm³/mol. The number of phosphoric ester groups is 2. The number of rotatable bonds is 62. The third-order valence-corrected chi connectivity index (χ3v) is 16.5. The number of hydrogen-bond acceptors (Lipinski definition) is 15. The molecule has 3 N–H and O–H groups in total. The summed E-state index contributed by atoms with van der Waals surface area (Å²) < 4.78 is 67.9. The molecular weight excluding hydrogens is 1080 g/mol. The van der Waals surface area contributed by atoms with Gasteiger partial charge in [-0.05, 0) is 31.6 Å². The molecule has 0 aromatic carbocycles. The molecule has 0 heterocycles. The summed E-state index contributed by atoms with van der Waals surface area (Å²) in [7, 11) is -9.88. The second kappa shape index (κ2) is 55.9. The van der Waals surface area contributed by atoms with Crippen LogP contribution in [0.3, 0.4) is 0 Å². The molecule has 0 bridgehead atoms. The molecule has 480 valence electrons. The van der Waals surface area contributed by atoms with Gasteiger partial charge in [0.15, 0.2) is 12.2 Å². The zero-order chi connectivity index (χ0) is 59.9. The number of unbranched alkanes of at least 4 members (excludes halogenated alkanes) is 33. The van der Waals surface area contributed by atoms with Crippen LogP contribution in [0, 0.1) is 5.92 Å². The molecule has 0 aromatic heterocycles. The Morgan fingerprint density at radius 1 is 0.346 bits per heavy atom. The maximum atomic E-state index is 13.0. The maximum Gasteiger partial charge on any atom is 0.472 e. The van der Waals surface area contributed by atoms with Gasteiger partial charge in [0, 0.05) is 25.7 Å². The van der Waals surface area contributed by atoms with Crippen LogP contribution in [-0.4, -0.2) is 96.7 Å². The number of aliphatic hydroxyl groups is 1. The minimum atomic E-state index is -4.94. The lowest BCUT2D eigenvalue weighted by atomic mass is 10.00. The van der Waals surface area contributed by atoms with E-state index < -0.39 is 97.5 Å². The largest absolute Gasteiger partial charge is 0.472 e. The summed E-state index contributed by atoms with van der Waals surface area (Å²) in [5, 5.41) is 10.5. The number of hydrogen-bond donors (Lipinski definition) is 3. The standard InChI is InChI=1S/C62H120O17P2/c1-6-10-13-16-19-22-24-26-28-31-37-42-47-61(66)78-57(51-73-60(65)46-41-36-30-27-25-23-20-17-14-11-7-2)53-76-80(68,69)74-49-56(63)50-75-81(70,71)77-54-58(52-72-59(64)45-40-35-29-21-18-15-12-8-3)79-62(67)48-43-38-33-32-34-39-44-55(5)9-4/h55-58,63H,6-54H2,1-5H3,(H,68,69)(H,70,71)/t55?,56-,57-,58-/m1/s1. The van der Waals surface area contributed by atoms with Crippen molar-refractivity contribution >= 4 is 39.5 Å². The van der Waals surface area contributed by atoms with Gasteiger partial charge in [0.2, 0.25) is 0 Å². The van der Waals surface area contributed by atoms with Crippen molar-refractivity contribution in [3.05, 3.63) is 0 Å². The predicted octanol–water partition coefficient (Wildman–Crippen LogP) is 17.0. The first-order chi connectivity index (χ1) is 39.1. The van der Waals surface area contributed by atoms with E-state index in [1.54, 1.807) is 0 Å². The van der Waals surface area contributed by atoms with E-state index in [0.29, 0.717) is 25.7 Å². The number of carbonyl (C=O) groups excluding carboxylic acids is 4. The molecule has 81 heavy (non-hydrogen) atoms. The van der Waals surface area contributed by atoms with Gasteiger partial charge < -0.3 is 33.8 Å². The molecule has 0 saturated carbocycles. The van der Waals surface area contributed by atoms with E-state index in [4.69, 9.17) is 37.0 Å². The van der Waals surface area contributed by atoms with Crippen LogP contribution in [0.25, 0.3) is 0 Å². The van der Waals surface area contributed by atoms with Crippen LogP contribution >= 0.6 is 15.6 Å². The lowest BCUT2D eigenvalue weighted by Gasteiger charge is -2.21. The average molecular weight is 1200 g/mol. The number of phosphoric acid groups is 2. The average Bonchev–Trinajstić information content (AvgIpc) is 3.44. The van der Waals surface area contributed by atoms with Gasteiger partial charge in [-0.3, -0.25) is 37.3 Å². The highest BCUT2D eigenvalue weighted by Crippen LogP contribution is 2.45. The smallest absolute Gasteiger partial charge is 0.462 e. The van der Waals surface area contributed by atoms with E-state index in [0.717, 1.165) is 102 Å². The molecule has 0 spiro atoms. The van der Waals surface area contributed by atoms with Gasteiger partial charge >= 0.3 is 39.5 Å². The molecule has 0 aliphatic rings. The molecule has 0 rings (SSSR count). The first kappa shape index (κ1) is 79.1. The van der Waals surface area contributed by atoms with Gasteiger partial charge in [0.1, 0.15) is 19.3 Å². The minimum Gasteiger partial charge on any atom is -0.462 e. The Hall–Kier alpha value is -1.94. The molecule has 3 unspecified atom stereocenters. The van der Waals surface area contributed by atoms with Crippen molar-refractivity contribution in [2.75, 3.05) is 39.6 Å². The Bertz CT molecular complexity index is 1590.